The molecule has 2 heterocycles. The third-order valence-electron chi connectivity index (χ3n) is 4.46. The second kappa shape index (κ2) is 7.37. The Morgan fingerprint density at radius 2 is 2.04 bits per heavy atom. The van der Waals surface area contributed by atoms with Gasteiger partial charge >= 0.3 is 0 Å². The molecule has 8 heteroatoms. The molecule has 0 spiro atoms. The van der Waals surface area contributed by atoms with E-state index >= 15 is 0 Å². The number of hydrogen-bond donors (Lipinski definition) is 1. The van der Waals surface area contributed by atoms with E-state index in [9.17, 15) is 13.5 Å². The van der Waals surface area contributed by atoms with Crippen molar-refractivity contribution in [2.45, 2.75) is 37.2 Å². The largest absolute Gasteiger partial charge is 0.392 e. The number of hydrogen-bond acceptors (Lipinski definition) is 5. The number of piperidine rings is 1. The molecule has 0 radical (unpaired) electrons. The Morgan fingerprint density at radius 3 is 2.68 bits per heavy atom. The fourth-order valence-electron chi connectivity index (χ4n) is 3.13. The number of aliphatic hydroxyl groups excluding tert-OH is 1. The quantitative estimate of drug-likeness (QED) is 0.879. The lowest BCUT2D eigenvalue weighted by Gasteiger charge is -2.31. The molecule has 25 heavy (non-hydrogen) atoms. The lowest BCUT2D eigenvalue weighted by molar-refractivity contribution is 0.272. The third-order valence-corrected chi connectivity index (χ3v) is 6.59. The van der Waals surface area contributed by atoms with Crippen LogP contribution in [0, 0.1) is 6.92 Å². The first-order valence-electron chi connectivity index (χ1n) is 8.11. The van der Waals surface area contributed by atoms with Crippen molar-refractivity contribution in [3.63, 3.8) is 0 Å². The van der Waals surface area contributed by atoms with Crippen molar-refractivity contribution in [2.24, 2.45) is 0 Å². The molecule has 0 bridgehead atoms. The van der Waals surface area contributed by atoms with E-state index < -0.39 is 10.0 Å². The highest BCUT2D eigenvalue weighted by atomic mass is 35.5. The summed E-state index contributed by atoms with van der Waals surface area (Å²) in [6.45, 7) is 2.51. The van der Waals surface area contributed by atoms with Crippen molar-refractivity contribution in [1.82, 2.24) is 14.3 Å². The SMILES string of the molecule is Cc1ncc(CO)c(C2CCN(S(=O)(=O)c3cccc(Cl)c3)CC2)n1. The van der Waals surface area contributed by atoms with Crippen molar-refractivity contribution >= 4 is 21.6 Å². The highest BCUT2D eigenvalue weighted by Crippen LogP contribution is 2.31. The number of sulfonamides is 1. The maximum absolute atomic E-state index is 12.8. The predicted octanol–water partition coefficient (Wildman–Crippen LogP) is 2.50. The second-order valence-corrected chi connectivity index (χ2v) is 8.50. The molecule has 0 atom stereocenters. The molecule has 1 aliphatic heterocycles. The van der Waals surface area contributed by atoms with E-state index in [0.717, 1.165) is 5.69 Å². The van der Waals surface area contributed by atoms with Crippen molar-refractivity contribution < 1.29 is 13.5 Å². The number of nitrogens with zero attached hydrogens (tertiary/aromatic N) is 3. The van der Waals surface area contributed by atoms with Gasteiger partial charge in [0, 0.05) is 35.8 Å². The van der Waals surface area contributed by atoms with Gasteiger partial charge in [-0.15, -0.1) is 0 Å². The van der Waals surface area contributed by atoms with Gasteiger partial charge in [0.15, 0.2) is 0 Å². The summed E-state index contributed by atoms with van der Waals surface area (Å²) in [5.41, 5.74) is 1.54. The van der Waals surface area contributed by atoms with Gasteiger partial charge in [0.25, 0.3) is 0 Å². The van der Waals surface area contributed by atoms with Gasteiger partial charge in [0.05, 0.1) is 17.2 Å². The number of rotatable bonds is 4. The van der Waals surface area contributed by atoms with Crippen LogP contribution in [0.2, 0.25) is 5.02 Å². The van der Waals surface area contributed by atoms with Crippen LogP contribution in [0.4, 0.5) is 0 Å². The molecular formula is C17H20ClN3O3S. The van der Waals surface area contributed by atoms with Crippen molar-refractivity contribution in [2.75, 3.05) is 13.1 Å². The molecule has 6 nitrogen and oxygen atoms in total. The molecule has 2 aromatic rings. The van der Waals surface area contributed by atoms with E-state index in [2.05, 4.69) is 9.97 Å². The number of aromatic nitrogens is 2. The summed E-state index contributed by atoms with van der Waals surface area (Å²) in [6.07, 6.45) is 2.96. The molecule has 1 aromatic heterocycles. The summed E-state index contributed by atoms with van der Waals surface area (Å²) >= 11 is 5.92. The fraction of sp³-hybridized carbons (Fsp3) is 0.412. The number of benzene rings is 1. The van der Waals surface area contributed by atoms with E-state index in [0.29, 0.717) is 42.3 Å². The molecule has 1 N–H and O–H groups in total. The number of halogens is 1. The van der Waals surface area contributed by atoms with Crippen LogP contribution >= 0.6 is 11.6 Å². The van der Waals surface area contributed by atoms with Crippen molar-refractivity contribution in [3.05, 3.63) is 52.6 Å². The van der Waals surface area contributed by atoms with Crippen LogP contribution in [0.15, 0.2) is 35.4 Å². The first-order chi connectivity index (χ1) is 11.9. The van der Waals surface area contributed by atoms with E-state index in [1.165, 1.54) is 10.4 Å². The zero-order chi connectivity index (χ0) is 18.0. The monoisotopic (exact) mass is 381 g/mol. The van der Waals surface area contributed by atoms with Gasteiger partial charge in [0.2, 0.25) is 10.0 Å². The van der Waals surface area contributed by atoms with Gasteiger partial charge in [-0.25, -0.2) is 18.4 Å². The number of aliphatic hydroxyl groups is 1. The minimum absolute atomic E-state index is 0.114. The topological polar surface area (TPSA) is 83.4 Å². The average molecular weight is 382 g/mol. The first kappa shape index (κ1) is 18.3. The van der Waals surface area contributed by atoms with Gasteiger partial charge in [-0.1, -0.05) is 17.7 Å². The lowest BCUT2D eigenvalue weighted by Crippen LogP contribution is -2.38. The molecule has 0 saturated carbocycles. The van der Waals surface area contributed by atoms with Crippen LogP contribution < -0.4 is 0 Å². The molecule has 1 saturated heterocycles. The molecular weight excluding hydrogens is 362 g/mol. The zero-order valence-electron chi connectivity index (χ0n) is 13.9. The summed E-state index contributed by atoms with van der Waals surface area (Å²) in [4.78, 5) is 8.80. The molecule has 1 aromatic carbocycles. The Balaban J connectivity index is 1.77. The summed E-state index contributed by atoms with van der Waals surface area (Å²) in [5, 5.41) is 9.90. The van der Waals surface area contributed by atoms with E-state index in [1.54, 1.807) is 24.4 Å². The summed E-state index contributed by atoms with van der Waals surface area (Å²) < 4.78 is 27.0. The van der Waals surface area contributed by atoms with Gasteiger partial charge < -0.3 is 5.11 Å². The Labute approximate surface area is 152 Å². The number of aryl methyl sites for hydroxylation is 1. The minimum Gasteiger partial charge on any atom is -0.392 e. The van der Waals surface area contributed by atoms with Crippen LogP contribution in [-0.2, 0) is 16.6 Å². The van der Waals surface area contributed by atoms with E-state index in [4.69, 9.17) is 11.6 Å². The van der Waals surface area contributed by atoms with Crippen LogP contribution in [0.1, 0.15) is 35.8 Å². The second-order valence-electron chi connectivity index (χ2n) is 6.12. The Kier molecular flexibility index (Phi) is 5.38. The van der Waals surface area contributed by atoms with E-state index in [-0.39, 0.29) is 17.4 Å². The molecule has 3 rings (SSSR count). The van der Waals surface area contributed by atoms with Gasteiger partial charge in [0.1, 0.15) is 5.82 Å². The summed E-state index contributed by atoms with van der Waals surface area (Å²) in [5.74, 6) is 0.774. The van der Waals surface area contributed by atoms with Gasteiger partial charge in [-0.05, 0) is 38.0 Å². The summed E-state index contributed by atoms with van der Waals surface area (Å²) in [7, 11) is -3.55. The molecule has 0 amide bonds. The molecule has 134 valence electrons. The first-order valence-corrected chi connectivity index (χ1v) is 9.92. The van der Waals surface area contributed by atoms with Crippen LogP contribution in [0.5, 0.6) is 0 Å². The highest BCUT2D eigenvalue weighted by molar-refractivity contribution is 7.89. The smallest absolute Gasteiger partial charge is 0.243 e. The third kappa shape index (κ3) is 3.84. The molecule has 1 aliphatic rings. The molecule has 0 unspecified atom stereocenters. The van der Waals surface area contributed by atoms with Gasteiger partial charge in [-0.3, -0.25) is 0 Å². The fourth-order valence-corrected chi connectivity index (χ4v) is 4.90. The van der Waals surface area contributed by atoms with Crippen LogP contribution in [0.3, 0.4) is 0 Å². The maximum Gasteiger partial charge on any atom is 0.243 e. The Bertz CT molecular complexity index is 865. The van der Waals surface area contributed by atoms with E-state index in [1.807, 2.05) is 6.92 Å². The standard InChI is InChI=1S/C17H20ClN3O3S/c1-12-19-10-14(11-22)17(20-12)13-5-7-21(8-6-13)25(23,24)16-4-2-3-15(18)9-16/h2-4,9-10,13,22H,5-8,11H2,1H3. The highest BCUT2D eigenvalue weighted by Gasteiger charge is 2.31. The van der Waals surface area contributed by atoms with Crippen molar-refractivity contribution in [1.29, 1.82) is 0 Å². The predicted molar refractivity (Wildman–Crippen MR) is 94.9 cm³/mol. The molecule has 0 aliphatic carbocycles. The normalized spacial score (nSPS) is 16.9. The Hall–Kier alpha value is -1.54. The van der Waals surface area contributed by atoms with Crippen molar-refractivity contribution in [3.8, 4) is 0 Å². The molecule has 1 fully saturated rings. The van der Waals surface area contributed by atoms with Crippen LogP contribution in [-0.4, -0.2) is 40.9 Å². The lowest BCUT2D eigenvalue weighted by atomic mass is 9.92. The summed E-state index contributed by atoms with van der Waals surface area (Å²) in [6, 6.07) is 6.32. The zero-order valence-corrected chi connectivity index (χ0v) is 15.5. The van der Waals surface area contributed by atoms with Crippen LogP contribution in [0.25, 0.3) is 0 Å². The maximum atomic E-state index is 12.8. The van der Waals surface area contributed by atoms with Gasteiger partial charge in [-0.2, -0.15) is 4.31 Å². The minimum atomic E-state index is -3.55. The Morgan fingerprint density at radius 1 is 1.32 bits per heavy atom. The average Bonchev–Trinajstić information content (AvgIpc) is 2.62.